The van der Waals surface area contributed by atoms with E-state index >= 15 is 0 Å². The molecule has 0 unspecified atom stereocenters. The van der Waals surface area contributed by atoms with E-state index < -0.39 is 24.3 Å². The average Bonchev–Trinajstić information content (AvgIpc) is 2.81. The van der Waals surface area contributed by atoms with Gasteiger partial charge in [0.2, 0.25) is 5.91 Å². The monoisotopic (exact) mass is 254 g/mol. The van der Waals surface area contributed by atoms with Crippen LogP contribution in [0.25, 0.3) is 0 Å². The standard InChI is InChI=1S/C11H14N2O5/c1-2-8-7(3-4-18-8)11(17)13-5-9(14)12-6-10(15)16/h3-4H,2,5-6H2,1H3,(H,12,14)(H,13,17)(H,15,16). The average molecular weight is 254 g/mol. The Balaban J connectivity index is 2.42. The number of aliphatic carboxylic acids is 1. The maximum Gasteiger partial charge on any atom is 0.322 e. The van der Waals surface area contributed by atoms with Gasteiger partial charge in [-0.1, -0.05) is 6.92 Å². The second kappa shape index (κ2) is 6.43. The minimum Gasteiger partial charge on any atom is -0.480 e. The Labute approximate surface area is 103 Å². The normalized spacial score (nSPS) is 9.83. The Hall–Kier alpha value is -2.31. The number of amides is 2. The molecule has 3 N–H and O–H groups in total. The first kappa shape index (κ1) is 13.8. The van der Waals surface area contributed by atoms with Gasteiger partial charge < -0.3 is 20.2 Å². The van der Waals surface area contributed by atoms with Crippen molar-refractivity contribution < 1.29 is 23.9 Å². The van der Waals surface area contributed by atoms with E-state index in [-0.39, 0.29) is 6.54 Å². The van der Waals surface area contributed by atoms with E-state index in [4.69, 9.17) is 9.52 Å². The molecule has 0 spiro atoms. The molecule has 0 aliphatic heterocycles. The first-order valence-corrected chi connectivity index (χ1v) is 5.37. The van der Waals surface area contributed by atoms with Crippen molar-refractivity contribution in [3.05, 3.63) is 23.7 Å². The fourth-order valence-electron chi connectivity index (χ4n) is 1.31. The molecule has 0 atom stereocenters. The Bertz CT molecular complexity index is 452. The molecule has 1 aromatic heterocycles. The number of hydrogen-bond acceptors (Lipinski definition) is 4. The Morgan fingerprint density at radius 3 is 2.61 bits per heavy atom. The number of furan rings is 1. The largest absolute Gasteiger partial charge is 0.480 e. The van der Waals surface area contributed by atoms with Crippen LogP contribution < -0.4 is 10.6 Å². The molecule has 0 aliphatic carbocycles. The smallest absolute Gasteiger partial charge is 0.322 e. The van der Waals surface area contributed by atoms with Crippen LogP contribution in [0.15, 0.2) is 16.7 Å². The van der Waals surface area contributed by atoms with Crippen LogP contribution in [-0.2, 0) is 16.0 Å². The van der Waals surface area contributed by atoms with Gasteiger partial charge >= 0.3 is 5.97 Å². The van der Waals surface area contributed by atoms with Gasteiger partial charge in [0, 0.05) is 6.42 Å². The zero-order valence-corrected chi connectivity index (χ0v) is 9.86. The molecule has 1 aromatic rings. The second-order valence-corrected chi connectivity index (χ2v) is 3.46. The van der Waals surface area contributed by atoms with Gasteiger partial charge in [-0.2, -0.15) is 0 Å². The Morgan fingerprint density at radius 2 is 2.00 bits per heavy atom. The van der Waals surface area contributed by atoms with Crippen molar-refractivity contribution in [1.29, 1.82) is 0 Å². The molecule has 18 heavy (non-hydrogen) atoms. The van der Waals surface area contributed by atoms with Gasteiger partial charge in [-0.15, -0.1) is 0 Å². The SMILES string of the molecule is CCc1occc1C(=O)NCC(=O)NCC(=O)O. The van der Waals surface area contributed by atoms with Crippen LogP contribution in [0, 0.1) is 0 Å². The summed E-state index contributed by atoms with van der Waals surface area (Å²) in [6.45, 7) is 1.09. The highest BCUT2D eigenvalue weighted by molar-refractivity contribution is 5.97. The molecule has 0 bridgehead atoms. The quantitative estimate of drug-likeness (QED) is 0.650. The highest BCUT2D eigenvalue weighted by Crippen LogP contribution is 2.10. The fraction of sp³-hybridized carbons (Fsp3) is 0.364. The van der Waals surface area contributed by atoms with Crippen molar-refractivity contribution in [3.63, 3.8) is 0 Å². The first-order chi connectivity index (χ1) is 8.54. The van der Waals surface area contributed by atoms with Crippen molar-refractivity contribution >= 4 is 17.8 Å². The molecule has 1 rings (SSSR count). The summed E-state index contributed by atoms with van der Waals surface area (Å²) >= 11 is 0. The molecule has 0 radical (unpaired) electrons. The van der Waals surface area contributed by atoms with E-state index in [1.54, 1.807) is 0 Å². The second-order valence-electron chi connectivity index (χ2n) is 3.46. The van der Waals surface area contributed by atoms with E-state index in [9.17, 15) is 14.4 Å². The summed E-state index contributed by atoms with van der Waals surface area (Å²) in [6.07, 6.45) is 1.97. The number of aryl methyl sites for hydroxylation is 1. The molecule has 7 heteroatoms. The zero-order chi connectivity index (χ0) is 13.5. The topological polar surface area (TPSA) is 109 Å². The molecule has 0 fully saturated rings. The minimum absolute atomic E-state index is 0.277. The lowest BCUT2D eigenvalue weighted by Crippen LogP contribution is -2.39. The number of rotatable bonds is 6. The van der Waals surface area contributed by atoms with Crippen LogP contribution in [0.2, 0.25) is 0 Å². The van der Waals surface area contributed by atoms with Crippen LogP contribution in [0.4, 0.5) is 0 Å². The lowest BCUT2D eigenvalue weighted by molar-refractivity contribution is -0.137. The van der Waals surface area contributed by atoms with E-state index in [0.29, 0.717) is 17.7 Å². The van der Waals surface area contributed by atoms with E-state index in [1.807, 2.05) is 6.92 Å². The van der Waals surface area contributed by atoms with Crippen LogP contribution in [-0.4, -0.2) is 36.0 Å². The summed E-state index contributed by atoms with van der Waals surface area (Å²) in [5, 5.41) is 12.9. The van der Waals surface area contributed by atoms with Crippen molar-refractivity contribution in [2.75, 3.05) is 13.1 Å². The third kappa shape index (κ3) is 3.93. The van der Waals surface area contributed by atoms with Crippen molar-refractivity contribution in [3.8, 4) is 0 Å². The van der Waals surface area contributed by atoms with Gasteiger partial charge in [-0.25, -0.2) is 0 Å². The van der Waals surface area contributed by atoms with Crippen molar-refractivity contribution in [2.24, 2.45) is 0 Å². The summed E-state index contributed by atoms with van der Waals surface area (Å²) in [7, 11) is 0. The first-order valence-electron chi connectivity index (χ1n) is 5.37. The van der Waals surface area contributed by atoms with Crippen LogP contribution in [0.3, 0.4) is 0 Å². The van der Waals surface area contributed by atoms with Gasteiger partial charge in [-0.05, 0) is 6.07 Å². The molecule has 98 valence electrons. The predicted octanol–water partition coefficient (Wildman–Crippen LogP) is -0.227. The third-order valence-electron chi connectivity index (χ3n) is 2.16. The molecule has 0 saturated carbocycles. The fourth-order valence-corrected chi connectivity index (χ4v) is 1.31. The molecule has 0 aliphatic rings. The van der Waals surface area contributed by atoms with Gasteiger partial charge in [0.05, 0.1) is 18.4 Å². The summed E-state index contributed by atoms with van der Waals surface area (Å²) in [4.78, 5) is 33.0. The highest BCUT2D eigenvalue weighted by Gasteiger charge is 2.14. The highest BCUT2D eigenvalue weighted by atomic mass is 16.4. The summed E-state index contributed by atoms with van der Waals surface area (Å²) in [5.74, 6) is -1.59. The van der Waals surface area contributed by atoms with Crippen molar-refractivity contribution in [1.82, 2.24) is 10.6 Å². The lowest BCUT2D eigenvalue weighted by Gasteiger charge is -2.05. The number of carbonyl (C=O) groups excluding carboxylic acids is 2. The van der Waals surface area contributed by atoms with E-state index in [1.165, 1.54) is 12.3 Å². The molecule has 1 heterocycles. The zero-order valence-electron chi connectivity index (χ0n) is 9.86. The minimum atomic E-state index is -1.14. The summed E-state index contributed by atoms with van der Waals surface area (Å²) < 4.78 is 5.08. The molecule has 2 amide bonds. The Kier molecular flexibility index (Phi) is 4.91. The van der Waals surface area contributed by atoms with Crippen LogP contribution in [0.5, 0.6) is 0 Å². The molecule has 0 saturated heterocycles. The summed E-state index contributed by atoms with van der Waals surface area (Å²) in [5.41, 5.74) is 0.378. The molecular formula is C11H14N2O5. The maximum atomic E-state index is 11.7. The van der Waals surface area contributed by atoms with Gasteiger partial charge in [0.15, 0.2) is 0 Å². The van der Waals surface area contributed by atoms with Gasteiger partial charge in [0.1, 0.15) is 12.3 Å². The number of carboxylic acids is 1. The molecule has 0 aromatic carbocycles. The number of carbonyl (C=O) groups is 3. The van der Waals surface area contributed by atoms with Crippen LogP contribution >= 0.6 is 0 Å². The number of hydrogen-bond donors (Lipinski definition) is 3. The lowest BCUT2D eigenvalue weighted by atomic mass is 10.2. The number of carboxylic acid groups (broad SMARTS) is 1. The Morgan fingerprint density at radius 1 is 1.28 bits per heavy atom. The number of nitrogens with one attached hydrogen (secondary N) is 2. The summed E-state index contributed by atoms with van der Waals surface area (Å²) in [6, 6.07) is 1.52. The van der Waals surface area contributed by atoms with Crippen molar-refractivity contribution in [2.45, 2.75) is 13.3 Å². The van der Waals surface area contributed by atoms with Crippen LogP contribution in [0.1, 0.15) is 23.0 Å². The van der Waals surface area contributed by atoms with Gasteiger partial charge in [0.25, 0.3) is 5.91 Å². The van der Waals surface area contributed by atoms with E-state index in [2.05, 4.69) is 10.6 Å². The maximum absolute atomic E-state index is 11.7. The van der Waals surface area contributed by atoms with E-state index in [0.717, 1.165) is 0 Å². The molecule has 7 nitrogen and oxygen atoms in total. The molecular weight excluding hydrogens is 240 g/mol. The third-order valence-corrected chi connectivity index (χ3v) is 2.16. The van der Waals surface area contributed by atoms with Gasteiger partial charge in [-0.3, -0.25) is 14.4 Å². The predicted molar refractivity (Wildman–Crippen MR) is 61.1 cm³/mol.